The molecule has 1 aliphatic rings. The van der Waals surface area contributed by atoms with Crippen molar-refractivity contribution in [2.75, 3.05) is 71.7 Å². The second-order valence-corrected chi connectivity index (χ2v) is 8.31. The molecule has 154 valence electrons. The molecular weight excluding hydrogens is 342 g/mol. The number of ether oxygens (including phenoxy) is 2. The molecule has 6 heteroatoms. The molecule has 0 atom stereocenters. The van der Waals surface area contributed by atoms with Gasteiger partial charge in [-0.3, -0.25) is 4.90 Å². The lowest BCUT2D eigenvalue weighted by molar-refractivity contribution is -0.0835. The van der Waals surface area contributed by atoms with Gasteiger partial charge in [-0.15, -0.1) is 0 Å². The minimum Gasteiger partial charge on any atom is -0.357 e. The summed E-state index contributed by atoms with van der Waals surface area (Å²) in [5, 5.41) is 0. The zero-order chi connectivity index (χ0) is 19.0. The SMILES string of the molecule is CCCCN(CCCC)CCN1CCN(C[Si]C(OCC)OCC)CC1. The highest BCUT2D eigenvalue weighted by atomic mass is 28.2. The summed E-state index contributed by atoms with van der Waals surface area (Å²) in [4.78, 5) is 7.90. The molecule has 0 bridgehead atoms. The Morgan fingerprint density at radius 2 is 1.35 bits per heavy atom. The minimum atomic E-state index is -0.00582. The summed E-state index contributed by atoms with van der Waals surface area (Å²) < 4.78 is 11.3. The Balaban J connectivity index is 2.21. The van der Waals surface area contributed by atoms with Crippen molar-refractivity contribution in [3.63, 3.8) is 0 Å². The molecule has 0 N–H and O–H groups in total. The molecule has 0 aromatic rings. The number of nitrogens with zero attached hydrogens (tertiary/aromatic N) is 3. The van der Waals surface area contributed by atoms with Gasteiger partial charge in [0.1, 0.15) is 15.4 Å². The van der Waals surface area contributed by atoms with E-state index >= 15 is 0 Å². The van der Waals surface area contributed by atoms with Crippen LogP contribution >= 0.6 is 0 Å². The Labute approximate surface area is 165 Å². The highest BCUT2D eigenvalue weighted by Gasteiger charge is 2.19. The van der Waals surface area contributed by atoms with E-state index in [2.05, 4.69) is 28.5 Å². The largest absolute Gasteiger partial charge is 0.357 e. The maximum Gasteiger partial charge on any atom is 0.138 e. The van der Waals surface area contributed by atoms with Crippen LogP contribution in [0, 0.1) is 0 Å². The van der Waals surface area contributed by atoms with E-state index in [0.29, 0.717) is 9.52 Å². The lowest BCUT2D eigenvalue weighted by atomic mass is 10.2. The zero-order valence-electron chi connectivity index (χ0n) is 17.8. The average Bonchev–Trinajstić information content (AvgIpc) is 2.66. The maximum absolute atomic E-state index is 5.67. The van der Waals surface area contributed by atoms with Crippen molar-refractivity contribution >= 4 is 9.52 Å². The first kappa shape index (κ1) is 24.1. The van der Waals surface area contributed by atoms with E-state index in [0.717, 1.165) is 19.4 Å². The smallest absolute Gasteiger partial charge is 0.138 e. The first-order chi connectivity index (χ1) is 12.7. The molecular formula is C20H43N3O2Si. The van der Waals surface area contributed by atoms with Gasteiger partial charge in [0, 0.05) is 52.5 Å². The number of unbranched alkanes of at least 4 members (excludes halogenated alkanes) is 2. The van der Waals surface area contributed by atoms with Gasteiger partial charge < -0.3 is 19.3 Å². The van der Waals surface area contributed by atoms with Gasteiger partial charge in [0.2, 0.25) is 0 Å². The van der Waals surface area contributed by atoms with Crippen molar-refractivity contribution in [2.24, 2.45) is 0 Å². The Kier molecular flexibility index (Phi) is 14.8. The predicted molar refractivity (Wildman–Crippen MR) is 112 cm³/mol. The van der Waals surface area contributed by atoms with Crippen LogP contribution in [0.1, 0.15) is 53.4 Å². The fourth-order valence-corrected chi connectivity index (χ4v) is 4.52. The van der Waals surface area contributed by atoms with Crippen LogP contribution in [0.25, 0.3) is 0 Å². The molecule has 0 aliphatic carbocycles. The minimum absolute atomic E-state index is 0.00582. The molecule has 0 amide bonds. The average molecular weight is 386 g/mol. The number of rotatable bonds is 16. The van der Waals surface area contributed by atoms with Crippen LogP contribution in [0.4, 0.5) is 0 Å². The molecule has 1 heterocycles. The monoisotopic (exact) mass is 385 g/mol. The third kappa shape index (κ3) is 11.0. The fraction of sp³-hybridized carbons (Fsp3) is 1.00. The van der Waals surface area contributed by atoms with Gasteiger partial charge in [-0.1, -0.05) is 26.7 Å². The van der Waals surface area contributed by atoms with Crippen molar-refractivity contribution in [3.8, 4) is 0 Å². The summed E-state index contributed by atoms with van der Waals surface area (Å²) in [6.07, 6.45) is 6.37. The van der Waals surface area contributed by atoms with Gasteiger partial charge in [0.05, 0.1) is 0 Å². The van der Waals surface area contributed by atoms with Crippen LogP contribution in [-0.2, 0) is 9.47 Å². The van der Waals surface area contributed by atoms with Gasteiger partial charge in [-0.2, -0.15) is 0 Å². The second-order valence-electron chi connectivity index (χ2n) is 7.11. The maximum atomic E-state index is 5.67. The van der Waals surface area contributed by atoms with E-state index < -0.39 is 0 Å². The van der Waals surface area contributed by atoms with Gasteiger partial charge >= 0.3 is 0 Å². The van der Waals surface area contributed by atoms with Crippen LogP contribution in [0.15, 0.2) is 0 Å². The highest BCUT2D eigenvalue weighted by molar-refractivity contribution is 6.36. The zero-order valence-corrected chi connectivity index (χ0v) is 18.8. The normalized spacial score (nSPS) is 16.8. The lowest BCUT2D eigenvalue weighted by Crippen LogP contribution is -2.50. The van der Waals surface area contributed by atoms with E-state index in [9.17, 15) is 0 Å². The molecule has 1 saturated heterocycles. The highest BCUT2D eigenvalue weighted by Crippen LogP contribution is 2.05. The number of hydrogen-bond acceptors (Lipinski definition) is 5. The predicted octanol–water partition coefficient (Wildman–Crippen LogP) is 2.52. The Morgan fingerprint density at radius 1 is 0.808 bits per heavy atom. The van der Waals surface area contributed by atoms with Crippen LogP contribution in [-0.4, -0.2) is 102 Å². The molecule has 2 radical (unpaired) electrons. The summed E-state index contributed by atoms with van der Waals surface area (Å²) in [6, 6.07) is 0. The van der Waals surface area contributed by atoms with E-state index in [4.69, 9.17) is 9.47 Å². The summed E-state index contributed by atoms with van der Waals surface area (Å²) in [5.41, 5.74) is 0. The topological polar surface area (TPSA) is 28.2 Å². The molecule has 5 nitrogen and oxygen atoms in total. The van der Waals surface area contributed by atoms with Gasteiger partial charge in [0.15, 0.2) is 0 Å². The van der Waals surface area contributed by atoms with Crippen molar-refractivity contribution in [3.05, 3.63) is 0 Å². The molecule has 0 aromatic heterocycles. The van der Waals surface area contributed by atoms with Crippen LogP contribution in [0.5, 0.6) is 0 Å². The summed E-state index contributed by atoms with van der Waals surface area (Å²) in [7, 11) is 0.711. The molecule has 1 rings (SSSR count). The van der Waals surface area contributed by atoms with Gasteiger partial charge in [0.25, 0.3) is 0 Å². The van der Waals surface area contributed by atoms with E-state index in [-0.39, 0.29) is 5.91 Å². The first-order valence-electron chi connectivity index (χ1n) is 10.9. The summed E-state index contributed by atoms with van der Waals surface area (Å²) in [6.45, 7) is 19.9. The van der Waals surface area contributed by atoms with E-state index in [1.807, 2.05) is 13.8 Å². The fourth-order valence-electron chi connectivity index (χ4n) is 3.23. The molecule has 1 fully saturated rings. The van der Waals surface area contributed by atoms with Crippen molar-refractivity contribution in [2.45, 2.75) is 59.3 Å². The Hall–Kier alpha value is 0.0169. The van der Waals surface area contributed by atoms with Crippen LogP contribution < -0.4 is 0 Å². The molecule has 0 aromatic carbocycles. The third-order valence-electron chi connectivity index (χ3n) is 4.97. The van der Waals surface area contributed by atoms with E-state index in [1.165, 1.54) is 78.0 Å². The standard InChI is InChI=1S/C20H43N3O2Si/c1-5-9-11-21(12-10-6-2)13-14-22-15-17-23(18-16-22)19-26-20(24-7-3)25-8-4/h20H,5-19H2,1-4H3. The molecule has 26 heavy (non-hydrogen) atoms. The first-order valence-corrected chi connectivity index (χ1v) is 12.1. The third-order valence-corrected chi connectivity index (χ3v) is 6.27. The number of hydrogen-bond donors (Lipinski definition) is 0. The molecule has 0 spiro atoms. The quantitative estimate of drug-likeness (QED) is 0.301. The molecule has 1 aliphatic heterocycles. The number of piperazine rings is 1. The van der Waals surface area contributed by atoms with Gasteiger partial charge in [-0.25, -0.2) is 0 Å². The van der Waals surface area contributed by atoms with Crippen molar-refractivity contribution in [1.29, 1.82) is 0 Å². The molecule has 0 saturated carbocycles. The second kappa shape index (κ2) is 16.0. The van der Waals surface area contributed by atoms with E-state index in [1.54, 1.807) is 0 Å². The van der Waals surface area contributed by atoms with Crippen molar-refractivity contribution in [1.82, 2.24) is 14.7 Å². The van der Waals surface area contributed by atoms with Gasteiger partial charge in [-0.05, 0) is 45.9 Å². The summed E-state index contributed by atoms with van der Waals surface area (Å²) >= 11 is 0. The summed E-state index contributed by atoms with van der Waals surface area (Å²) in [5.74, 6) is -0.00582. The van der Waals surface area contributed by atoms with Crippen LogP contribution in [0.2, 0.25) is 0 Å². The Bertz CT molecular complexity index is 301. The lowest BCUT2D eigenvalue weighted by Gasteiger charge is -2.36. The Morgan fingerprint density at radius 3 is 1.85 bits per heavy atom. The van der Waals surface area contributed by atoms with Crippen molar-refractivity contribution < 1.29 is 9.47 Å². The molecule has 0 unspecified atom stereocenters. The van der Waals surface area contributed by atoms with Crippen LogP contribution in [0.3, 0.4) is 0 Å².